The van der Waals surface area contributed by atoms with Gasteiger partial charge in [0.2, 0.25) is 0 Å². The van der Waals surface area contributed by atoms with Crippen LogP contribution in [0, 0.1) is 5.92 Å². The van der Waals surface area contributed by atoms with Crippen LogP contribution in [-0.4, -0.2) is 36.1 Å². The number of hydrogen-bond acceptors (Lipinski definition) is 4. The third kappa shape index (κ3) is 5.37. The Hall–Kier alpha value is -2.01. The molecular formula is C19H19F6N3OS. The van der Waals surface area contributed by atoms with Gasteiger partial charge in [-0.1, -0.05) is 12.1 Å². The van der Waals surface area contributed by atoms with Crippen molar-refractivity contribution in [3.63, 3.8) is 0 Å². The molecule has 2 heterocycles. The molecule has 2 aliphatic rings. The SMILES string of the molecule is CN=C1NC(=O)SC1=CC1CCN(Cc2ccc(C(F)(F)F)cc2C(F)(F)F)CC1. The van der Waals surface area contributed by atoms with Crippen molar-refractivity contribution >= 4 is 22.8 Å². The fourth-order valence-electron chi connectivity index (χ4n) is 3.50. The van der Waals surface area contributed by atoms with Crippen LogP contribution in [0.2, 0.25) is 0 Å². The molecular weight excluding hydrogens is 432 g/mol. The standard InChI is InChI=1S/C19H19F6N3OS/c1-26-16-15(30-17(29)27-16)8-11-4-6-28(7-5-11)10-12-2-3-13(18(20,21)22)9-14(12)19(23,24)25/h2-3,8-9,11H,4-7,10H2,1H3,(H,26,27,29). The molecule has 0 aliphatic carbocycles. The smallest absolute Gasteiger partial charge is 0.300 e. The van der Waals surface area contributed by atoms with Crippen molar-refractivity contribution in [3.05, 3.63) is 45.9 Å². The van der Waals surface area contributed by atoms with Gasteiger partial charge in [-0.3, -0.25) is 14.7 Å². The van der Waals surface area contributed by atoms with Gasteiger partial charge in [-0.2, -0.15) is 26.3 Å². The lowest BCUT2D eigenvalue weighted by Gasteiger charge is -2.31. The minimum atomic E-state index is -4.87. The van der Waals surface area contributed by atoms with E-state index in [2.05, 4.69) is 10.3 Å². The number of aliphatic imine (C=N–C) groups is 1. The molecule has 0 spiro atoms. The van der Waals surface area contributed by atoms with E-state index in [9.17, 15) is 31.1 Å². The maximum absolute atomic E-state index is 13.3. The molecule has 2 saturated heterocycles. The van der Waals surface area contributed by atoms with Gasteiger partial charge < -0.3 is 5.32 Å². The largest absolute Gasteiger partial charge is 0.416 e. The summed E-state index contributed by atoms with van der Waals surface area (Å²) in [4.78, 5) is 18.0. The third-order valence-electron chi connectivity index (χ3n) is 5.04. The highest BCUT2D eigenvalue weighted by Crippen LogP contribution is 2.38. The van der Waals surface area contributed by atoms with Crippen LogP contribution in [-0.2, 0) is 18.9 Å². The van der Waals surface area contributed by atoms with Crippen LogP contribution in [0.1, 0.15) is 29.5 Å². The fourth-order valence-corrected chi connectivity index (χ4v) is 4.35. The van der Waals surface area contributed by atoms with Crippen LogP contribution in [0.25, 0.3) is 0 Å². The zero-order chi connectivity index (χ0) is 22.1. The second-order valence-electron chi connectivity index (χ2n) is 7.10. The molecule has 0 atom stereocenters. The Morgan fingerprint density at radius 3 is 2.40 bits per heavy atom. The number of hydrogen-bond donors (Lipinski definition) is 1. The lowest BCUT2D eigenvalue weighted by atomic mass is 9.95. The number of thioether (sulfide) groups is 1. The summed E-state index contributed by atoms with van der Waals surface area (Å²) in [5.41, 5.74) is -2.74. The van der Waals surface area contributed by atoms with Gasteiger partial charge >= 0.3 is 12.4 Å². The van der Waals surface area contributed by atoms with E-state index in [1.165, 1.54) is 0 Å². The van der Waals surface area contributed by atoms with Gasteiger partial charge in [-0.05, 0) is 61.3 Å². The molecule has 1 aromatic rings. The lowest BCUT2D eigenvalue weighted by Crippen LogP contribution is -2.33. The van der Waals surface area contributed by atoms with E-state index in [1.54, 1.807) is 11.9 Å². The number of benzene rings is 1. The fraction of sp³-hybridized carbons (Fsp3) is 0.474. The molecule has 3 rings (SSSR count). The molecule has 1 N–H and O–H groups in total. The number of nitrogens with zero attached hydrogens (tertiary/aromatic N) is 2. The van der Waals surface area contributed by atoms with Gasteiger partial charge in [0.1, 0.15) is 5.84 Å². The van der Waals surface area contributed by atoms with Gasteiger partial charge in [0.15, 0.2) is 0 Å². The lowest BCUT2D eigenvalue weighted by molar-refractivity contribution is -0.143. The summed E-state index contributed by atoms with van der Waals surface area (Å²) < 4.78 is 78.4. The van der Waals surface area contributed by atoms with E-state index >= 15 is 0 Å². The van der Waals surface area contributed by atoms with Crippen molar-refractivity contribution in [1.82, 2.24) is 10.2 Å². The number of carbonyl (C=O) groups is 1. The first-order valence-corrected chi connectivity index (χ1v) is 9.96. The first-order valence-electron chi connectivity index (χ1n) is 9.15. The topological polar surface area (TPSA) is 44.7 Å². The highest BCUT2D eigenvalue weighted by molar-refractivity contribution is 8.18. The second kappa shape index (κ2) is 8.62. The van der Waals surface area contributed by atoms with Crippen LogP contribution < -0.4 is 5.32 Å². The second-order valence-corrected chi connectivity index (χ2v) is 8.11. The average molecular weight is 451 g/mol. The van der Waals surface area contributed by atoms with E-state index in [0.717, 1.165) is 22.7 Å². The van der Waals surface area contributed by atoms with Crippen molar-refractivity contribution in [2.24, 2.45) is 10.9 Å². The molecule has 11 heteroatoms. The minimum Gasteiger partial charge on any atom is -0.300 e. The summed E-state index contributed by atoms with van der Waals surface area (Å²) >= 11 is 1.05. The van der Waals surface area contributed by atoms with Gasteiger partial charge in [0.05, 0.1) is 16.0 Å². The average Bonchev–Trinajstić information content (AvgIpc) is 3.01. The Labute approximate surface area is 173 Å². The Bertz CT molecular complexity index is 870. The molecule has 0 radical (unpaired) electrons. The van der Waals surface area contributed by atoms with Crippen molar-refractivity contribution in [2.45, 2.75) is 31.7 Å². The van der Waals surface area contributed by atoms with Crippen LogP contribution in [0.4, 0.5) is 31.1 Å². The Kier molecular flexibility index (Phi) is 6.51. The third-order valence-corrected chi connectivity index (χ3v) is 5.87. The number of alkyl halides is 6. The summed E-state index contributed by atoms with van der Waals surface area (Å²) in [5.74, 6) is 0.648. The number of carbonyl (C=O) groups excluding carboxylic acids is 1. The van der Waals surface area contributed by atoms with Crippen molar-refractivity contribution in [3.8, 4) is 0 Å². The van der Waals surface area contributed by atoms with Gasteiger partial charge in [0.25, 0.3) is 5.24 Å². The molecule has 1 aromatic carbocycles. The molecule has 0 unspecified atom stereocenters. The Balaban J connectivity index is 1.68. The molecule has 1 amide bonds. The zero-order valence-corrected chi connectivity index (χ0v) is 16.7. The quantitative estimate of drug-likeness (QED) is 0.634. The van der Waals surface area contributed by atoms with E-state index in [1.807, 2.05) is 6.08 Å². The maximum Gasteiger partial charge on any atom is 0.416 e. The molecule has 2 fully saturated rings. The molecule has 4 nitrogen and oxygen atoms in total. The Morgan fingerprint density at radius 1 is 1.17 bits per heavy atom. The van der Waals surface area contributed by atoms with Gasteiger partial charge in [-0.15, -0.1) is 0 Å². The first kappa shape index (κ1) is 22.7. The summed E-state index contributed by atoms with van der Waals surface area (Å²) in [6.45, 7) is 0.918. The number of halogens is 6. The maximum atomic E-state index is 13.3. The molecule has 0 saturated carbocycles. The molecule has 0 aromatic heterocycles. The van der Waals surface area contributed by atoms with E-state index in [0.29, 0.717) is 37.8 Å². The van der Waals surface area contributed by atoms with Crippen molar-refractivity contribution in [2.75, 3.05) is 20.1 Å². The van der Waals surface area contributed by atoms with E-state index < -0.39 is 23.5 Å². The first-order chi connectivity index (χ1) is 14.0. The number of rotatable bonds is 3. The number of piperidine rings is 1. The van der Waals surface area contributed by atoms with Gasteiger partial charge in [-0.25, -0.2) is 0 Å². The monoisotopic (exact) mass is 451 g/mol. The molecule has 30 heavy (non-hydrogen) atoms. The summed E-state index contributed by atoms with van der Waals surface area (Å²) in [6.07, 6.45) is -6.43. The van der Waals surface area contributed by atoms with Crippen molar-refractivity contribution in [1.29, 1.82) is 0 Å². The van der Waals surface area contributed by atoms with Crippen LogP contribution in [0.15, 0.2) is 34.2 Å². The summed E-state index contributed by atoms with van der Waals surface area (Å²) in [5, 5.41) is 2.42. The van der Waals surface area contributed by atoms with Crippen LogP contribution in [0.5, 0.6) is 0 Å². The highest BCUT2D eigenvalue weighted by atomic mass is 32.2. The van der Waals surface area contributed by atoms with Crippen LogP contribution in [0.3, 0.4) is 0 Å². The summed E-state index contributed by atoms with van der Waals surface area (Å²) in [7, 11) is 1.57. The van der Waals surface area contributed by atoms with Gasteiger partial charge in [0, 0.05) is 13.6 Å². The number of nitrogens with one attached hydrogen (secondary N) is 1. The number of amides is 1. The normalized spacial score (nSPS) is 22.2. The van der Waals surface area contributed by atoms with Crippen LogP contribution >= 0.6 is 11.8 Å². The Morgan fingerprint density at radius 2 is 1.83 bits per heavy atom. The summed E-state index contributed by atoms with van der Waals surface area (Å²) in [6, 6.07) is 1.78. The number of allylic oxidation sites excluding steroid dienone is 1. The van der Waals surface area contributed by atoms with Crippen molar-refractivity contribution < 1.29 is 31.1 Å². The molecule has 0 bridgehead atoms. The molecule has 164 valence electrons. The predicted molar refractivity (Wildman–Crippen MR) is 102 cm³/mol. The predicted octanol–water partition coefficient (Wildman–Crippen LogP) is 5.30. The van der Waals surface area contributed by atoms with E-state index in [-0.39, 0.29) is 29.3 Å². The minimum absolute atomic E-state index is 0.0767. The molecule has 2 aliphatic heterocycles. The van der Waals surface area contributed by atoms with E-state index in [4.69, 9.17) is 0 Å². The highest BCUT2D eigenvalue weighted by Gasteiger charge is 2.38. The zero-order valence-electron chi connectivity index (χ0n) is 15.9. The number of likely N-dealkylation sites (tertiary alicyclic amines) is 1. The number of amidine groups is 1.